The predicted molar refractivity (Wildman–Crippen MR) is 75.2 cm³/mol. The van der Waals surface area contributed by atoms with Gasteiger partial charge in [0.05, 0.1) is 0 Å². The summed E-state index contributed by atoms with van der Waals surface area (Å²) in [5.41, 5.74) is 0. The molecule has 0 aromatic carbocycles. The van der Waals surface area contributed by atoms with Gasteiger partial charge in [-0.15, -0.1) is 0 Å². The van der Waals surface area contributed by atoms with Crippen LogP contribution in [0.1, 0.15) is 26.7 Å². The van der Waals surface area contributed by atoms with Crippen LogP contribution >= 0.6 is 21.6 Å². The van der Waals surface area contributed by atoms with E-state index in [0.717, 1.165) is 0 Å². The van der Waals surface area contributed by atoms with Crippen LogP contribution in [0.15, 0.2) is 0 Å². The molecule has 0 nitrogen and oxygen atoms in total. The fraction of sp³-hybridized carbons (Fsp3) is 1.00. The van der Waals surface area contributed by atoms with Crippen molar-refractivity contribution in [3.63, 3.8) is 0 Å². The van der Waals surface area contributed by atoms with Gasteiger partial charge in [0.2, 0.25) is 0 Å². The molecule has 0 unspecified atom stereocenters. The first kappa shape index (κ1) is 25.9. The Bertz CT molecular complexity index is 410. The van der Waals surface area contributed by atoms with Gasteiger partial charge >= 0.3 is 35.5 Å². The molecule has 0 atom stereocenters. The first-order chi connectivity index (χ1) is 11.2. The second kappa shape index (κ2) is 8.08. The van der Waals surface area contributed by atoms with Gasteiger partial charge in [0.1, 0.15) is 0 Å². The van der Waals surface area contributed by atoms with Crippen LogP contribution in [0.5, 0.6) is 0 Å². The lowest BCUT2D eigenvalue weighted by Crippen LogP contribution is -2.52. The van der Waals surface area contributed by atoms with E-state index in [1.165, 1.54) is 0 Å². The molecule has 0 radical (unpaired) electrons. The molecule has 0 aromatic heterocycles. The highest BCUT2D eigenvalue weighted by atomic mass is 33.1. The zero-order valence-electron chi connectivity index (χ0n) is 13.2. The first-order valence-electron chi connectivity index (χ1n) is 6.72. The number of halogens is 12. The minimum absolute atomic E-state index is 0.258. The minimum Gasteiger partial charge on any atom is -0.200 e. The van der Waals surface area contributed by atoms with Gasteiger partial charge in [-0.25, -0.2) is 0 Å². The smallest absolute Gasteiger partial charge is 0.200 e. The summed E-state index contributed by atoms with van der Waals surface area (Å²) < 4.78 is 154. The maximum Gasteiger partial charge on any atom is 0.371 e. The quantitative estimate of drug-likeness (QED) is 0.189. The Labute approximate surface area is 148 Å². The lowest BCUT2D eigenvalue weighted by atomic mass is 10.0. The van der Waals surface area contributed by atoms with E-state index in [2.05, 4.69) is 0 Å². The highest BCUT2D eigenvalue weighted by molar-refractivity contribution is 8.76. The van der Waals surface area contributed by atoms with Crippen LogP contribution in [0.3, 0.4) is 0 Å². The summed E-state index contributed by atoms with van der Waals surface area (Å²) in [6.07, 6.45) is -3.47. The van der Waals surface area contributed by atoms with Gasteiger partial charge in [-0.3, -0.25) is 0 Å². The highest BCUT2D eigenvalue weighted by Gasteiger charge is 2.69. The van der Waals surface area contributed by atoms with E-state index < -0.39 is 73.7 Å². The van der Waals surface area contributed by atoms with E-state index in [1.54, 1.807) is 0 Å². The fourth-order valence-corrected chi connectivity index (χ4v) is 3.54. The van der Waals surface area contributed by atoms with Crippen LogP contribution in [0, 0.1) is 0 Å². The van der Waals surface area contributed by atoms with Gasteiger partial charge in [-0.2, -0.15) is 52.7 Å². The summed E-state index contributed by atoms with van der Waals surface area (Å²) in [7, 11) is 0.517. The number of alkyl halides is 12. The van der Waals surface area contributed by atoms with Crippen LogP contribution in [-0.4, -0.2) is 47.0 Å². The van der Waals surface area contributed by atoms with E-state index in [9.17, 15) is 52.7 Å². The molecule has 0 aliphatic heterocycles. The molecule has 0 aliphatic rings. The van der Waals surface area contributed by atoms with Crippen molar-refractivity contribution in [3.8, 4) is 0 Å². The fourth-order valence-electron chi connectivity index (χ4n) is 1.41. The summed E-state index contributed by atoms with van der Waals surface area (Å²) in [6.45, 7) is -0.789. The molecule has 0 saturated heterocycles. The average Bonchev–Trinajstić information content (AvgIpc) is 2.39. The van der Waals surface area contributed by atoms with Gasteiger partial charge in [0.15, 0.2) is 0 Å². The first-order valence-corrected chi connectivity index (χ1v) is 9.21. The SMILES string of the molecule is CC(F)(F)C(F)(F)C(F)(F)CCSSCCC(F)(F)C(F)(F)C(C)(F)F. The van der Waals surface area contributed by atoms with Crippen molar-refractivity contribution in [2.75, 3.05) is 11.5 Å². The van der Waals surface area contributed by atoms with Crippen molar-refractivity contribution < 1.29 is 52.7 Å². The Morgan fingerprint density at radius 3 is 0.923 bits per heavy atom. The van der Waals surface area contributed by atoms with E-state index in [4.69, 9.17) is 0 Å². The Morgan fingerprint density at radius 2 is 0.731 bits per heavy atom. The molecule has 0 spiro atoms. The number of hydrogen-bond donors (Lipinski definition) is 0. The maximum atomic E-state index is 13.1. The second-order valence-corrected chi connectivity index (χ2v) is 8.18. The van der Waals surface area contributed by atoms with E-state index in [-0.39, 0.29) is 21.6 Å². The van der Waals surface area contributed by atoms with Gasteiger partial charge in [-0.05, 0) is 0 Å². The van der Waals surface area contributed by atoms with Crippen LogP contribution in [0.25, 0.3) is 0 Å². The Hall–Kier alpha value is -0.140. The van der Waals surface area contributed by atoms with Crippen molar-refractivity contribution >= 4 is 21.6 Å². The second-order valence-electron chi connectivity index (χ2n) is 5.48. The third kappa shape index (κ3) is 5.68. The number of hydrogen-bond acceptors (Lipinski definition) is 2. The molecule has 0 amide bonds. The van der Waals surface area contributed by atoms with Crippen LogP contribution in [-0.2, 0) is 0 Å². The van der Waals surface area contributed by atoms with Crippen LogP contribution in [0.4, 0.5) is 52.7 Å². The Balaban J connectivity index is 4.46. The predicted octanol–water partition coefficient (Wildman–Crippen LogP) is 7.00. The Morgan fingerprint density at radius 1 is 0.500 bits per heavy atom. The highest BCUT2D eigenvalue weighted by Crippen LogP contribution is 2.49. The molecular weight excluding hydrogens is 436 g/mol. The van der Waals surface area contributed by atoms with Gasteiger partial charge in [-0.1, -0.05) is 21.6 Å². The molecular formula is C12H14F12S2. The summed E-state index contributed by atoms with van der Waals surface area (Å²) in [5.74, 6) is -33.3. The lowest BCUT2D eigenvalue weighted by molar-refractivity contribution is -0.302. The van der Waals surface area contributed by atoms with Gasteiger partial charge in [0, 0.05) is 38.2 Å². The molecule has 0 heterocycles. The third-order valence-electron chi connectivity index (χ3n) is 3.10. The zero-order valence-corrected chi connectivity index (χ0v) is 14.8. The molecule has 0 fully saturated rings. The van der Waals surface area contributed by atoms with Crippen molar-refractivity contribution in [2.45, 2.75) is 62.2 Å². The molecule has 14 heteroatoms. The minimum atomic E-state index is -5.65. The largest absolute Gasteiger partial charge is 0.371 e. The van der Waals surface area contributed by atoms with Crippen molar-refractivity contribution in [1.82, 2.24) is 0 Å². The monoisotopic (exact) mass is 450 g/mol. The van der Waals surface area contributed by atoms with Gasteiger partial charge < -0.3 is 0 Å². The molecule has 158 valence electrons. The molecule has 0 N–H and O–H groups in total. The third-order valence-corrected chi connectivity index (χ3v) is 5.51. The van der Waals surface area contributed by atoms with Crippen LogP contribution < -0.4 is 0 Å². The van der Waals surface area contributed by atoms with Gasteiger partial charge in [0.25, 0.3) is 0 Å². The van der Waals surface area contributed by atoms with Crippen molar-refractivity contribution in [3.05, 3.63) is 0 Å². The molecule has 0 bridgehead atoms. The van der Waals surface area contributed by atoms with Crippen molar-refractivity contribution in [1.29, 1.82) is 0 Å². The number of rotatable bonds is 11. The average molecular weight is 450 g/mol. The lowest BCUT2D eigenvalue weighted by Gasteiger charge is -2.31. The summed E-state index contributed by atoms with van der Waals surface area (Å²) >= 11 is 0. The summed E-state index contributed by atoms with van der Waals surface area (Å²) in [5, 5.41) is 0. The molecule has 0 rings (SSSR count). The molecule has 0 aliphatic carbocycles. The topological polar surface area (TPSA) is 0 Å². The van der Waals surface area contributed by atoms with E-state index in [0.29, 0.717) is 0 Å². The zero-order chi connectivity index (χ0) is 21.2. The normalized spacial score (nSPS) is 15.5. The maximum absolute atomic E-state index is 13.1. The molecule has 0 aromatic rings. The standard InChI is InChI=1S/C12H14F12S2/c1-7(13,14)11(21,22)9(17,18)3-5-25-26-6-4-10(19,20)12(23,24)8(2,15)16/h3-6H2,1-2H3. The molecule has 0 saturated carbocycles. The summed E-state index contributed by atoms with van der Waals surface area (Å²) in [4.78, 5) is 0. The van der Waals surface area contributed by atoms with E-state index in [1.807, 2.05) is 0 Å². The molecule has 26 heavy (non-hydrogen) atoms. The summed E-state index contributed by atoms with van der Waals surface area (Å²) in [6, 6.07) is 0. The van der Waals surface area contributed by atoms with E-state index >= 15 is 0 Å². The van der Waals surface area contributed by atoms with Crippen LogP contribution in [0.2, 0.25) is 0 Å². The Kier molecular flexibility index (Phi) is 8.03. The van der Waals surface area contributed by atoms with Crippen molar-refractivity contribution in [2.24, 2.45) is 0 Å².